The predicted molar refractivity (Wildman–Crippen MR) is 65.2 cm³/mol. The Labute approximate surface area is 126 Å². The monoisotopic (exact) mass is 348 g/mol. The van der Waals surface area contributed by atoms with Gasteiger partial charge in [-0.1, -0.05) is 30.3 Å². The molecule has 130 valence electrons. The van der Waals surface area contributed by atoms with E-state index in [2.05, 4.69) is 0 Å². The van der Waals surface area contributed by atoms with Crippen LogP contribution in [0.2, 0.25) is 0 Å². The van der Waals surface area contributed by atoms with Gasteiger partial charge in [-0.3, -0.25) is 4.79 Å². The zero-order chi connectivity index (χ0) is 17.9. The minimum atomic E-state index is -6.66. The van der Waals surface area contributed by atoms with E-state index < -0.39 is 36.4 Å². The zero-order valence-electron chi connectivity index (χ0n) is 11.5. The third kappa shape index (κ3) is 4.20. The quantitative estimate of drug-likeness (QED) is 0.650. The normalized spacial score (nSPS) is 14.6. The van der Waals surface area contributed by atoms with Crippen LogP contribution in [-0.4, -0.2) is 30.0 Å². The minimum absolute atomic E-state index is 0.162. The number of hydrogen-bond acceptors (Lipinski definition) is 1. The highest BCUT2D eigenvalue weighted by Gasteiger charge is 2.76. The molecular weight excluding hydrogens is 336 g/mol. The third-order valence-electron chi connectivity index (χ3n) is 3.11. The van der Waals surface area contributed by atoms with Gasteiger partial charge in [0.15, 0.2) is 6.17 Å². The lowest BCUT2D eigenvalue weighted by molar-refractivity contribution is -0.344. The van der Waals surface area contributed by atoms with Crippen molar-refractivity contribution >= 4 is 5.78 Å². The predicted octanol–water partition coefficient (Wildman–Crippen LogP) is 4.75. The Balaban J connectivity index is 2.68. The number of alkyl halides is 8. The summed E-state index contributed by atoms with van der Waals surface area (Å²) in [6.45, 7) is 0. The lowest BCUT2D eigenvalue weighted by Gasteiger charge is -2.27. The molecule has 0 spiro atoms. The van der Waals surface area contributed by atoms with E-state index in [1.54, 1.807) is 30.3 Å². The number of Topliss-reactive ketones (excluding diaryl/α,β-unsaturated/α-hetero) is 1. The summed E-state index contributed by atoms with van der Waals surface area (Å²) < 4.78 is 100. The van der Waals surface area contributed by atoms with Gasteiger partial charge in [0, 0.05) is 0 Å². The van der Waals surface area contributed by atoms with Crippen molar-refractivity contribution in [2.24, 2.45) is 0 Å². The molecule has 0 heterocycles. The van der Waals surface area contributed by atoms with E-state index >= 15 is 0 Å². The fourth-order valence-electron chi connectivity index (χ4n) is 1.79. The van der Waals surface area contributed by atoms with Crippen molar-refractivity contribution in [3.05, 3.63) is 35.9 Å². The number of halogens is 8. The van der Waals surface area contributed by atoms with Gasteiger partial charge in [0.25, 0.3) is 0 Å². The number of rotatable bonds is 7. The van der Waals surface area contributed by atoms with Crippen molar-refractivity contribution in [2.75, 3.05) is 0 Å². The molecule has 0 aliphatic rings. The van der Waals surface area contributed by atoms with Crippen molar-refractivity contribution in [3.63, 3.8) is 0 Å². The standard InChI is InChI=1S/C14H12F8O/c15-10(8-4-7-9-5-2-1-3-6-9)11(23)12(16,17)13(18,19)14(20,21)22/h1-3,5-6,10H,4,7-8H2. The number of ketones is 1. The van der Waals surface area contributed by atoms with Crippen LogP contribution in [0.3, 0.4) is 0 Å². The topological polar surface area (TPSA) is 17.1 Å². The summed E-state index contributed by atoms with van der Waals surface area (Å²) in [5, 5.41) is 0. The van der Waals surface area contributed by atoms with E-state index in [0.717, 1.165) is 0 Å². The molecule has 0 bridgehead atoms. The first kappa shape index (κ1) is 19.4. The number of aryl methyl sites for hydroxylation is 1. The Morgan fingerprint density at radius 3 is 1.96 bits per heavy atom. The first-order valence-corrected chi connectivity index (χ1v) is 6.46. The van der Waals surface area contributed by atoms with Crippen LogP contribution < -0.4 is 0 Å². The maximum absolute atomic E-state index is 13.4. The van der Waals surface area contributed by atoms with Crippen LogP contribution in [0, 0.1) is 0 Å². The average molecular weight is 348 g/mol. The maximum Gasteiger partial charge on any atom is 0.460 e. The number of benzene rings is 1. The summed E-state index contributed by atoms with van der Waals surface area (Å²) >= 11 is 0. The van der Waals surface area contributed by atoms with E-state index in [0.29, 0.717) is 5.56 Å². The van der Waals surface area contributed by atoms with Gasteiger partial charge < -0.3 is 0 Å². The SMILES string of the molecule is O=C(C(F)CCCc1ccccc1)C(F)(F)C(F)(F)C(F)(F)F. The smallest absolute Gasteiger partial charge is 0.289 e. The first-order valence-electron chi connectivity index (χ1n) is 6.46. The molecule has 9 heteroatoms. The molecule has 0 N–H and O–H groups in total. The van der Waals surface area contributed by atoms with Crippen LogP contribution in [0.5, 0.6) is 0 Å². The highest BCUT2D eigenvalue weighted by molar-refractivity contribution is 5.90. The van der Waals surface area contributed by atoms with E-state index in [1.165, 1.54) is 0 Å². The van der Waals surface area contributed by atoms with Crippen molar-refractivity contribution < 1.29 is 39.9 Å². The molecule has 0 aliphatic heterocycles. The third-order valence-corrected chi connectivity index (χ3v) is 3.11. The molecule has 1 unspecified atom stereocenters. The highest BCUT2D eigenvalue weighted by Crippen LogP contribution is 2.47. The molecule has 0 aliphatic carbocycles. The van der Waals surface area contributed by atoms with Crippen LogP contribution in [0.4, 0.5) is 35.1 Å². The van der Waals surface area contributed by atoms with Crippen LogP contribution in [-0.2, 0) is 11.2 Å². The molecule has 1 aromatic rings. The van der Waals surface area contributed by atoms with Crippen molar-refractivity contribution in [2.45, 2.75) is 43.5 Å². The van der Waals surface area contributed by atoms with E-state index in [4.69, 9.17) is 0 Å². The molecule has 1 rings (SSSR count). The summed E-state index contributed by atoms with van der Waals surface area (Å²) in [6, 6.07) is 8.23. The van der Waals surface area contributed by atoms with Crippen LogP contribution >= 0.6 is 0 Å². The fourth-order valence-corrected chi connectivity index (χ4v) is 1.79. The zero-order valence-corrected chi connectivity index (χ0v) is 11.5. The number of carbonyl (C=O) groups is 1. The molecule has 0 fully saturated rings. The largest absolute Gasteiger partial charge is 0.460 e. The highest BCUT2D eigenvalue weighted by atomic mass is 19.4. The van der Waals surface area contributed by atoms with Crippen molar-refractivity contribution in [1.82, 2.24) is 0 Å². The Bertz CT molecular complexity index is 523. The van der Waals surface area contributed by atoms with E-state index in [1.807, 2.05) is 0 Å². The van der Waals surface area contributed by atoms with Gasteiger partial charge in [-0.2, -0.15) is 30.7 Å². The lowest BCUT2D eigenvalue weighted by Crippen LogP contribution is -2.58. The second-order valence-electron chi connectivity index (χ2n) is 4.86. The Kier molecular flexibility index (Phi) is 5.76. The molecule has 1 atom stereocenters. The molecule has 0 saturated carbocycles. The maximum atomic E-state index is 13.4. The van der Waals surface area contributed by atoms with E-state index in [9.17, 15) is 39.9 Å². The summed E-state index contributed by atoms with van der Waals surface area (Å²) in [4.78, 5) is 11.0. The second-order valence-corrected chi connectivity index (χ2v) is 4.86. The molecule has 0 amide bonds. The number of carbonyl (C=O) groups excluding carboxylic acids is 1. The van der Waals surface area contributed by atoms with Crippen LogP contribution in [0.15, 0.2) is 30.3 Å². The summed E-state index contributed by atoms with van der Waals surface area (Å²) in [5.41, 5.74) is 0.680. The van der Waals surface area contributed by atoms with E-state index in [-0.39, 0.29) is 12.8 Å². The molecule has 1 aromatic carbocycles. The van der Waals surface area contributed by atoms with Crippen molar-refractivity contribution in [1.29, 1.82) is 0 Å². The van der Waals surface area contributed by atoms with Gasteiger partial charge in [0.05, 0.1) is 0 Å². The Morgan fingerprint density at radius 1 is 0.957 bits per heavy atom. The fraction of sp³-hybridized carbons (Fsp3) is 0.500. The number of hydrogen-bond donors (Lipinski definition) is 0. The summed E-state index contributed by atoms with van der Waals surface area (Å²) in [6.07, 6.45) is -10.6. The van der Waals surface area contributed by atoms with Gasteiger partial charge in [0.2, 0.25) is 5.78 Å². The minimum Gasteiger partial charge on any atom is -0.289 e. The molecule has 1 nitrogen and oxygen atoms in total. The second kappa shape index (κ2) is 6.84. The van der Waals surface area contributed by atoms with Crippen LogP contribution in [0.25, 0.3) is 0 Å². The lowest BCUT2D eigenvalue weighted by atomic mass is 9.98. The Hall–Kier alpha value is -1.67. The van der Waals surface area contributed by atoms with Gasteiger partial charge >= 0.3 is 18.0 Å². The first-order chi connectivity index (χ1) is 10.4. The molecule has 0 saturated heterocycles. The molecular formula is C14H12F8O. The van der Waals surface area contributed by atoms with Crippen LogP contribution in [0.1, 0.15) is 18.4 Å². The van der Waals surface area contributed by atoms with Gasteiger partial charge in [0.1, 0.15) is 0 Å². The van der Waals surface area contributed by atoms with Gasteiger partial charge in [-0.15, -0.1) is 0 Å². The molecule has 0 radical (unpaired) electrons. The Morgan fingerprint density at radius 2 is 1.48 bits per heavy atom. The summed E-state index contributed by atoms with van der Waals surface area (Å²) in [7, 11) is 0. The van der Waals surface area contributed by atoms with Gasteiger partial charge in [-0.25, -0.2) is 4.39 Å². The average Bonchev–Trinajstić information content (AvgIpc) is 2.46. The molecule has 23 heavy (non-hydrogen) atoms. The van der Waals surface area contributed by atoms with Gasteiger partial charge in [-0.05, 0) is 24.8 Å². The summed E-state index contributed by atoms with van der Waals surface area (Å²) in [5.74, 6) is -15.8. The molecule has 0 aromatic heterocycles. The van der Waals surface area contributed by atoms with Crippen molar-refractivity contribution in [3.8, 4) is 0 Å².